The van der Waals surface area contributed by atoms with Crippen LogP contribution < -0.4 is 0 Å². The monoisotopic (exact) mass is 625 g/mol. The molecule has 0 atom stereocenters. The number of nitrogens with zero attached hydrogens (tertiary/aromatic N) is 2. The van der Waals surface area contributed by atoms with Crippen LogP contribution in [-0.4, -0.2) is 9.97 Å². The topological polar surface area (TPSA) is 25.8 Å². The number of hydrogen-bond donors (Lipinski definition) is 0. The van der Waals surface area contributed by atoms with Gasteiger partial charge in [0.25, 0.3) is 0 Å². The standard InChI is InChI=1S/C14H7F3NS.C11H8N.Ir/c15-14(16,17)10-5-6-11(18-8-10)13-7-9-3-1-2-4-12(9)19-13;1-2-6-10(7-3-1)11-8-4-5-9-12-11;/h1-6,8H;1-6,8-9H;/q2*-1;. The number of aromatic nitrogens is 2. The molecule has 0 unspecified atom stereocenters. The van der Waals surface area contributed by atoms with Crippen LogP contribution in [0.2, 0.25) is 0 Å². The number of thiophene rings is 1. The van der Waals surface area contributed by atoms with Gasteiger partial charge in [-0.1, -0.05) is 36.4 Å². The van der Waals surface area contributed by atoms with Crippen LogP contribution in [0.25, 0.3) is 31.9 Å². The number of hydrogen-bond acceptors (Lipinski definition) is 3. The Bertz CT molecular complexity index is 1180. The van der Waals surface area contributed by atoms with Gasteiger partial charge in [0.15, 0.2) is 0 Å². The number of pyridine rings is 2. The number of alkyl halides is 3. The minimum atomic E-state index is -4.35. The molecule has 5 aromatic rings. The quantitative estimate of drug-likeness (QED) is 0.192. The first-order valence-electron chi connectivity index (χ1n) is 9.33. The fourth-order valence-corrected chi connectivity index (χ4v) is 3.79. The molecule has 32 heavy (non-hydrogen) atoms. The first-order valence-corrected chi connectivity index (χ1v) is 10.1. The average Bonchev–Trinajstić information content (AvgIpc) is 3.25. The van der Waals surface area contributed by atoms with Crippen molar-refractivity contribution >= 4 is 21.4 Å². The molecule has 0 aliphatic heterocycles. The molecule has 3 aromatic heterocycles. The van der Waals surface area contributed by atoms with Crippen LogP contribution >= 0.6 is 11.3 Å². The summed E-state index contributed by atoms with van der Waals surface area (Å²) in [6.07, 6.45) is -1.71. The summed E-state index contributed by atoms with van der Waals surface area (Å²) >= 11 is 1.46. The van der Waals surface area contributed by atoms with E-state index < -0.39 is 11.7 Å². The van der Waals surface area contributed by atoms with Crippen molar-refractivity contribution in [3.05, 3.63) is 109 Å². The molecule has 0 bridgehead atoms. The van der Waals surface area contributed by atoms with Gasteiger partial charge in [0, 0.05) is 38.2 Å². The fourth-order valence-electron chi connectivity index (χ4n) is 2.80. The summed E-state index contributed by atoms with van der Waals surface area (Å²) in [5.74, 6) is 0. The maximum Gasteiger partial charge on any atom is 0.417 e. The second-order valence-corrected chi connectivity index (χ2v) is 7.53. The van der Waals surface area contributed by atoms with E-state index in [1.165, 1.54) is 17.4 Å². The molecule has 0 spiro atoms. The Kier molecular flexibility index (Phi) is 7.91. The first-order chi connectivity index (χ1) is 15.0. The maximum atomic E-state index is 12.4. The molecule has 2 nitrogen and oxygen atoms in total. The molecule has 0 N–H and O–H groups in total. The van der Waals surface area contributed by atoms with Crippen molar-refractivity contribution in [1.82, 2.24) is 9.97 Å². The summed E-state index contributed by atoms with van der Waals surface area (Å²) in [6.45, 7) is 0. The van der Waals surface area contributed by atoms with E-state index in [1.54, 1.807) is 6.20 Å². The van der Waals surface area contributed by atoms with E-state index in [4.69, 9.17) is 0 Å². The fraction of sp³-hybridized carbons (Fsp3) is 0.0400. The van der Waals surface area contributed by atoms with Gasteiger partial charge in [-0.05, 0) is 21.3 Å². The Balaban J connectivity index is 0.000000193. The van der Waals surface area contributed by atoms with Crippen molar-refractivity contribution in [3.8, 4) is 21.8 Å². The Hall–Kier alpha value is -2.86. The minimum Gasteiger partial charge on any atom is -0.305 e. The van der Waals surface area contributed by atoms with Gasteiger partial charge in [0.05, 0.1) is 5.56 Å². The second kappa shape index (κ2) is 10.6. The Morgan fingerprint density at radius 2 is 1.56 bits per heavy atom. The third kappa shape index (κ3) is 5.88. The van der Waals surface area contributed by atoms with Gasteiger partial charge in [-0.15, -0.1) is 59.5 Å². The number of benzene rings is 2. The second-order valence-electron chi connectivity index (χ2n) is 6.47. The number of rotatable bonds is 2. The SMILES string of the molecule is FC(F)(F)c1ccc(-c2[c-]c3ccccc3s2)nc1.[Ir].[c-]1ccccc1-c1ccccn1. The predicted octanol–water partition coefficient (Wildman–Crippen LogP) is 7.33. The molecular formula is C25H15F3IrN2S-2. The number of halogens is 3. The zero-order chi connectivity index (χ0) is 21.7. The number of fused-ring (bicyclic) bond motifs is 1. The maximum absolute atomic E-state index is 12.4. The van der Waals surface area contributed by atoms with E-state index in [0.29, 0.717) is 5.69 Å². The van der Waals surface area contributed by atoms with E-state index in [0.717, 1.165) is 38.5 Å². The molecule has 0 aliphatic rings. The molecule has 0 fully saturated rings. The average molecular weight is 625 g/mol. The van der Waals surface area contributed by atoms with E-state index in [1.807, 2.05) is 66.7 Å². The minimum absolute atomic E-state index is 0. The smallest absolute Gasteiger partial charge is 0.305 e. The van der Waals surface area contributed by atoms with E-state index >= 15 is 0 Å². The van der Waals surface area contributed by atoms with Crippen LogP contribution in [0.5, 0.6) is 0 Å². The van der Waals surface area contributed by atoms with Crippen LogP contribution in [0.1, 0.15) is 5.56 Å². The zero-order valence-electron chi connectivity index (χ0n) is 16.4. The van der Waals surface area contributed by atoms with Crippen molar-refractivity contribution in [2.75, 3.05) is 0 Å². The van der Waals surface area contributed by atoms with Gasteiger partial charge in [-0.2, -0.15) is 13.2 Å². The largest absolute Gasteiger partial charge is 0.417 e. The summed E-state index contributed by atoms with van der Waals surface area (Å²) in [7, 11) is 0. The third-order valence-corrected chi connectivity index (χ3v) is 5.41. The molecule has 0 saturated carbocycles. The molecule has 7 heteroatoms. The summed E-state index contributed by atoms with van der Waals surface area (Å²) < 4.78 is 38.4. The van der Waals surface area contributed by atoms with Gasteiger partial charge in [-0.3, -0.25) is 0 Å². The molecule has 5 rings (SSSR count). The van der Waals surface area contributed by atoms with Crippen molar-refractivity contribution in [3.63, 3.8) is 0 Å². The van der Waals surface area contributed by atoms with Gasteiger partial charge >= 0.3 is 6.18 Å². The summed E-state index contributed by atoms with van der Waals surface area (Å²) in [5, 5.41) is 0.948. The Morgan fingerprint density at radius 1 is 0.781 bits per heavy atom. The van der Waals surface area contributed by atoms with Crippen molar-refractivity contribution in [1.29, 1.82) is 0 Å². The van der Waals surface area contributed by atoms with Crippen molar-refractivity contribution < 1.29 is 33.3 Å². The molecule has 0 saturated heterocycles. The van der Waals surface area contributed by atoms with Crippen molar-refractivity contribution in [2.24, 2.45) is 0 Å². The normalized spacial score (nSPS) is 10.7. The van der Waals surface area contributed by atoms with Crippen LogP contribution in [0, 0.1) is 12.1 Å². The van der Waals surface area contributed by atoms with Crippen molar-refractivity contribution in [2.45, 2.75) is 6.18 Å². The van der Waals surface area contributed by atoms with Crippen LogP contribution in [0.4, 0.5) is 13.2 Å². The summed E-state index contributed by atoms with van der Waals surface area (Å²) in [6, 6.07) is 30.1. The molecule has 0 aliphatic carbocycles. The zero-order valence-corrected chi connectivity index (χ0v) is 19.6. The molecule has 1 radical (unpaired) electrons. The molecule has 0 amide bonds. The van der Waals surface area contributed by atoms with E-state index in [-0.39, 0.29) is 20.1 Å². The third-order valence-electron chi connectivity index (χ3n) is 4.32. The molecular weight excluding hydrogens is 610 g/mol. The Labute approximate surface area is 201 Å². The predicted molar refractivity (Wildman–Crippen MR) is 117 cm³/mol. The molecule has 2 aromatic carbocycles. The van der Waals surface area contributed by atoms with Crippen LogP contribution in [-0.2, 0) is 26.3 Å². The summed E-state index contributed by atoms with van der Waals surface area (Å²) in [5.41, 5.74) is 1.78. The summed E-state index contributed by atoms with van der Waals surface area (Å²) in [4.78, 5) is 8.83. The van der Waals surface area contributed by atoms with Crippen LogP contribution in [0.3, 0.4) is 0 Å². The van der Waals surface area contributed by atoms with Gasteiger partial charge in [0.1, 0.15) is 0 Å². The van der Waals surface area contributed by atoms with Gasteiger partial charge < -0.3 is 9.97 Å². The van der Waals surface area contributed by atoms with Gasteiger partial charge in [-0.25, -0.2) is 11.3 Å². The van der Waals surface area contributed by atoms with E-state index in [9.17, 15) is 13.2 Å². The van der Waals surface area contributed by atoms with E-state index in [2.05, 4.69) is 22.1 Å². The van der Waals surface area contributed by atoms with Gasteiger partial charge in [0.2, 0.25) is 0 Å². The first kappa shape index (κ1) is 23.8. The van der Waals surface area contributed by atoms with Crippen LogP contribution in [0.15, 0.2) is 91.3 Å². The Morgan fingerprint density at radius 3 is 2.19 bits per heavy atom. The molecule has 163 valence electrons. The molecule has 3 heterocycles.